The number of nitrogens with zero attached hydrogens (tertiary/aromatic N) is 2. The van der Waals surface area contributed by atoms with Crippen LogP contribution in [0.5, 0.6) is 0 Å². The van der Waals surface area contributed by atoms with Crippen LogP contribution in [-0.4, -0.2) is 28.2 Å². The smallest absolute Gasteiger partial charge is 0.216 e. The summed E-state index contributed by atoms with van der Waals surface area (Å²) >= 11 is 1.39. The molecule has 0 saturated heterocycles. The van der Waals surface area contributed by atoms with Gasteiger partial charge >= 0.3 is 0 Å². The Morgan fingerprint density at radius 3 is 3.10 bits per heavy atom. The average molecular weight is 160 g/mol. The van der Waals surface area contributed by atoms with Gasteiger partial charge in [0.2, 0.25) is 11.1 Å². The highest BCUT2D eigenvalue weighted by Crippen LogP contribution is 2.11. The summed E-state index contributed by atoms with van der Waals surface area (Å²) in [5.41, 5.74) is 5.27. The summed E-state index contributed by atoms with van der Waals surface area (Å²) < 4.78 is 4.78. The summed E-state index contributed by atoms with van der Waals surface area (Å²) in [7, 11) is 1.61. The van der Waals surface area contributed by atoms with Gasteiger partial charge in [-0.3, -0.25) is 0 Å². The molecule has 0 atom stereocenters. The van der Waals surface area contributed by atoms with Crippen molar-refractivity contribution in [3.05, 3.63) is 0 Å². The van der Waals surface area contributed by atoms with Crippen molar-refractivity contribution in [3.63, 3.8) is 0 Å². The number of aromatic amines is 1. The van der Waals surface area contributed by atoms with Crippen LogP contribution in [0.25, 0.3) is 0 Å². The topological polar surface area (TPSA) is 76.8 Å². The van der Waals surface area contributed by atoms with E-state index in [2.05, 4.69) is 15.2 Å². The van der Waals surface area contributed by atoms with Crippen LogP contribution in [0.4, 0.5) is 5.95 Å². The summed E-state index contributed by atoms with van der Waals surface area (Å²) in [5, 5.41) is 6.90. The zero-order valence-electron chi connectivity index (χ0n) is 5.50. The summed E-state index contributed by atoms with van der Waals surface area (Å²) in [4.78, 5) is 3.84. The molecule has 1 rings (SSSR count). The molecule has 1 aromatic rings. The van der Waals surface area contributed by atoms with Crippen molar-refractivity contribution < 1.29 is 4.74 Å². The van der Waals surface area contributed by atoms with Crippen LogP contribution in [0.3, 0.4) is 0 Å². The Hall–Kier alpha value is -0.750. The fraction of sp³-hybridized carbons (Fsp3) is 0.500. The van der Waals surface area contributed by atoms with Gasteiger partial charge < -0.3 is 10.5 Å². The molecule has 0 aliphatic heterocycles. The maximum atomic E-state index is 5.27. The first-order valence-electron chi connectivity index (χ1n) is 2.62. The number of nitrogens with one attached hydrogen (secondary N) is 1. The van der Waals surface area contributed by atoms with E-state index in [4.69, 9.17) is 10.5 Å². The third-order valence-corrected chi connectivity index (χ3v) is 1.58. The molecule has 0 amide bonds. The van der Waals surface area contributed by atoms with E-state index in [1.807, 2.05) is 0 Å². The van der Waals surface area contributed by atoms with E-state index >= 15 is 0 Å². The maximum absolute atomic E-state index is 5.27. The molecule has 0 bridgehead atoms. The van der Waals surface area contributed by atoms with Gasteiger partial charge in [-0.15, -0.1) is 5.10 Å². The minimum absolute atomic E-state index is 0.332. The lowest BCUT2D eigenvalue weighted by Gasteiger charge is -1.90. The van der Waals surface area contributed by atoms with Crippen LogP contribution in [-0.2, 0) is 4.74 Å². The van der Waals surface area contributed by atoms with Gasteiger partial charge in [0.15, 0.2) is 0 Å². The zero-order chi connectivity index (χ0) is 7.40. The predicted molar refractivity (Wildman–Crippen MR) is 38.5 cm³/mol. The molecular formula is C4H8N4OS. The minimum Gasteiger partial charge on any atom is -0.374 e. The lowest BCUT2D eigenvalue weighted by molar-refractivity contribution is 0.258. The average Bonchev–Trinajstić information content (AvgIpc) is 2.31. The van der Waals surface area contributed by atoms with Gasteiger partial charge in [-0.05, 0) is 0 Å². The van der Waals surface area contributed by atoms with Crippen molar-refractivity contribution in [1.29, 1.82) is 0 Å². The third kappa shape index (κ3) is 1.89. The van der Waals surface area contributed by atoms with Gasteiger partial charge in [0, 0.05) is 7.11 Å². The standard InChI is InChI=1S/C4H8N4OS/c1-9-2-10-4-6-3(5)7-8-4/h2H2,1H3,(H3,5,6,7,8). The Morgan fingerprint density at radius 2 is 2.60 bits per heavy atom. The molecule has 0 aliphatic carbocycles. The highest BCUT2D eigenvalue weighted by molar-refractivity contribution is 7.99. The molecule has 0 unspecified atom stereocenters. The highest BCUT2D eigenvalue weighted by atomic mass is 32.2. The summed E-state index contributed by atoms with van der Waals surface area (Å²) in [6.45, 7) is 0. The molecule has 56 valence electrons. The number of H-pyrrole nitrogens is 1. The SMILES string of the molecule is COCSc1n[nH]c(N)n1. The van der Waals surface area contributed by atoms with Gasteiger partial charge in [0.1, 0.15) is 0 Å². The number of thioether (sulfide) groups is 1. The van der Waals surface area contributed by atoms with Crippen LogP contribution in [0, 0.1) is 0 Å². The van der Waals surface area contributed by atoms with E-state index in [9.17, 15) is 0 Å². The fourth-order valence-corrected chi connectivity index (χ4v) is 0.931. The van der Waals surface area contributed by atoms with Crippen LogP contribution in [0.2, 0.25) is 0 Å². The molecule has 0 saturated carbocycles. The van der Waals surface area contributed by atoms with Gasteiger partial charge in [-0.25, -0.2) is 5.10 Å². The Morgan fingerprint density at radius 1 is 1.80 bits per heavy atom. The lowest BCUT2D eigenvalue weighted by Crippen LogP contribution is -1.85. The van der Waals surface area contributed by atoms with Gasteiger partial charge in [-0.2, -0.15) is 4.98 Å². The number of methoxy groups -OCH3 is 1. The number of hydrogen-bond donors (Lipinski definition) is 2. The van der Waals surface area contributed by atoms with E-state index in [-0.39, 0.29) is 0 Å². The van der Waals surface area contributed by atoms with E-state index < -0.39 is 0 Å². The van der Waals surface area contributed by atoms with Crippen LogP contribution in [0.1, 0.15) is 0 Å². The quantitative estimate of drug-likeness (QED) is 0.484. The second-order valence-electron chi connectivity index (χ2n) is 1.55. The number of nitrogen functional groups attached to an aromatic ring is 1. The van der Waals surface area contributed by atoms with Gasteiger partial charge in [0.05, 0.1) is 5.94 Å². The number of aromatic nitrogens is 3. The number of ether oxygens (including phenoxy) is 1. The first-order chi connectivity index (χ1) is 4.83. The molecule has 1 heterocycles. The second-order valence-corrected chi connectivity index (χ2v) is 2.44. The number of hydrogen-bond acceptors (Lipinski definition) is 5. The molecule has 0 aromatic carbocycles. The predicted octanol–water partition coefficient (Wildman–Crippen LogP) is 0.0829. The monoisotopic (exact) mass is 160 g/mol. The Bertz CT molecular complexity index is 201. The number of rotatable bonds is 3. The maximum Gasteiger partial charge on any atom is 0.216 e. The zero-order valence-corrected chi connectivity index (χ0v) is 6.31. The van der Waals surface area contributed by atoms with E-state index in [1.54, 1.807) is 7.11 Å². The second kappa shape index (κ2) is 3.43. The molecule has 0 fully saturated rings. The Balaban J connectivity index is 2.42. The first-order valence-corrected chi connectivity index (χ1v) is 3.61. The Labute approximate surface area is 62.4 Å². The molecule has 1 aromatic heterocycles. The van der Waals surface area contributed by atoms with Crippen LogP contribution >= 0.6 is 11.8 Å². The van der Waals surface area contributed by atoms with Crippen molar-refractivity contribution in [2.45, 2.75) is 5.16 Å². The first kappa shape index (κ1) is 7.36. The molecule has 0 spiro atoms. The highest BCUT2D eigenvalue weighted by Gasteiger charge is 1.98. The fourth-order valence-electron chi connectivity index (χ4n) is 0.434. The molecule has 5 nitrogen and oxygen atoms in total. The molecule has 10 heavy (non-hydrogen) atoms. The number of nitrogens with two attached hydrogens (primary N) is 1. The van der Waals surface area contributed by atoms with Gasteiger partial charge in [-0.1, -0.05) is 11.8 Å². The van der Waals surface area contributed by atoms with Crippen molar-refractivity contribution >= 4 is 17.7 Å². The largest absolute Gasteiger partial charge is 0.374 e. The molecular weight excluding hydrogens is 152 g/mol. The number of anilines is 1. The van der Waals surface area contributed by atoms with Crippen LogP contribution < -0.4 is 5.73 Å². The van der Waals surface area contributed by atoms with Gasteiger partial charge in [0.25, 0.3) is 0 Å². The normalized spacial score (nSPS) is 10.1. The summed E-state index contributed by atoms with van der Waals surface area (Å²) in [6, 6.07) is 0. The Kier molecular flexibility index (Phi) is 2.52. The van der Waals surface area contributed by atoms with Crippen molar-refractivity contribution in [1.82, 2.24) is 15.2 Å². The molecule has 0 aliphatic rings. The van der Waals surface area contributed by atoms with Crippen molar-refractivity contribution in [3.8, 4) is 0 Å². The molecule has 0 radical (unpaired) electrons. The lowest BCUT2D eigenvalue weighted by atomic mass is 11.1. The minimum atomic E-state index is 0.332. The van der Waals surface area contributed by atoms with E-state index in [0.717, 1.165) is 0 Å². The summed E-state index contributed by atoms with van der Waals surface area (Å²) in [6.07, 6.45) is 0. The summed E-state index contributed by atoms with van der Waals surface area (Å²) in [5.74, 6) is 0.871. The molecule has 6 heteroatoms. The third-order valence-electron chi connectivity index (χ3n) is 0.788. The van der Waals surface area contributed by atoms with Crippen molar-refractivity contribution in [2.75, 3.05) is 18.8 Å². The van der Waals surface area contributed by atoms with Crippen LogP contribution in [0.15, 0.2) is 5.16 Å². The molecule has 3 N–H and O–H groups in total. The van der Waals surface area contributed by atoms with E-state index in [1.165, 1.54) is 11.8 Å². The van der Waals surface area contributed by atoms with Crippen molar-refractivity contribution in [2.24, 2.45) is 0 Å². The van der Waals surface area contributed by atoms with E-state index in [0.29, 0.717) is 17.0 Å².